The molecule has 2 rings (SSSR count). The van der Waals surface area contributed by atoms with E-state index in [2.05, 4.69) is 46.5 Å². The Bertz CT molecular complexity index is 509. The van der Waals surface area contributed by atoms with Gasteiger partial charge in [0.2, 0.25) is 0 Å². The number of hydrogen-bond donors (Lipinski definition) is 2. The molecule has 23 heavy (non-hydrogen) atoms. The zero-order valence-corrected chi connectivity index (χ0v) is 17.3. The molecule has 1 saturated heterocycles. The number of aryl methyl sites for hydroxylation is 2. The van der Waals surface area contributed by atoms with Gasteiger partial charge in [-0.25, -0.2) is 0 Å². The van der Waals surface area contributed by atoms with Crippen LogP contribution in [0.3, 0.4) is 0 Å². The van der Waals surface area contributed by atoms with Crippen molar-refractivity contribution in [2.75, 3.05) is 20.1 Å². The van der Waals surface area contributed by atoms with Crippen LogP contribution in [0.5, 0.6) is 0 Å². The average Bonchev–Trinajstić information content (AvgIpc) is 2.99. The van der Waals surface area contributed by atoms with Gasteiger partial charge < -0.3 is 15.2 Å². The first kappa shape index (κ1) is 20.2. The van der Waals surface area contributed by atoms with Crippen LogP contribution in [-0.4, -0.2) is 48.2 Å². The van der Waals surface area contributed by atoms with Gasteiger partial charge in [-0.3, -0.25) is 9.89 Å². The van der Waals surface area contributed by atoms with E-state index in [1.54, 1.807) is 0 Å². The first-order valence-corrected chi connectivity index (χ1v) is 8.05. The lowest BCUT2D eigenvalue weighted by molar-refractivity contribution is 0.265. The van der Waals surface area contributed by atoms with E-state index in [9.17, 15) is 0 Å². The molecule has 0 radical (unpaired) electrons. The summed E-state index contributed by atoms with van der Waals surface area (Å²) >= 11 is 0. The van der Waals surface area contributed by atoms with Gasteiger partial charge in [0.25, 0.3) is 0 Å². The summed E-state index contributed by atoms with van der Waals surface area (Å²) in [6.45, 7) is 13.6. The molecule has 6 nitrogen and oxygen atoms in total. The van der Waals surface area contributed by atoms with Gasteiger partial charge in [0.05, 0.1) is 5.69 Å². The highest BCUT2D eigenvalue weighted by atomic mass is 127. The zero-order chi connectivity index (χ0) is 16.3. The highest BCUT2D eigenvalue weighted by molar-refractivity contribution is 14.0. The molecule has 2 unspecified atom stereocenters. The van der Waals surface area contributed by atoms with Crippen molar-refractivity contribution in [3.63, 3.8) is 0 Å². The predicted octanol–water partition coefficient (Wildman–Crippen LogP) is 2.30. The van der Waals surface area contributed by atoms with Gasteiger partial charge in [-0.05, 0) is 33.6 Å². The van der Waals surface area contributed by atoms with E-state index < -0.39 is 0 Å². The van der Waals surface area contributed by atoms with Crippen molar-refractivity contribution in [3.05, 3.63) is 17.0 Å². The first-order valence-electron chi connectivity index (χ1n) is 8.05. The second kappa shape index (κ2) is 8.86. The number of halogens is 1. The van der Waals surface area contributed by atoms with E-state index in [0.29, 0.717) is 24.5 Å². The third-order valence-corrected chi connectivity index (χ3v) is 4.53. The second-order valence-corrected chi connectivity index (χ2v) is 6.50. The highest BCUT2D eigenvalue weighted by Crippen LogP contribution is 2.18. The van der Waals surface area contributed by atoms with Crippen molar-refractivity contribution in [1.82, 2.24) is 20.7 Å². The molecule has 0 bridgehead atoms. The van der Waals surface area contributed by atoms with Crippen molar-refractivity contribution < 1.29 is 4.52 Å². The van der Waals surface area contributed by atoms with Crippen LogP contribution in [0.1, 0.15) is 37.8 Å². The molecule has 1 aliphatic rings. The molecule has 0 aromatic carbocycles. The van der Waals surface area contributed by atoms with E-state index in [1.807, 2.05) is 20.9 Å². The van der Waals surface area contributed by atoms with Crippen molar-refractivity contribution in [2.24, 2.45) is 10.9 Å². The van der Waals surface area contributed by atoms with Crippen molar-refractivity contribution in [1.29, 1.82) is 0 Å². The van der Waals surface area contributed by atoms with Crippen LogP contribution < -0.4 is 10.6 Å². The quantitative estimate of drug-likeness (QED) is 0.432. The molecule has 0 spiro atoms. The molecule has 1 fully saturated rings. The molecule has 1 aromatic rings. The maximum absolute atomic E-state index is 5.20. The Labute approximate surface area is 156 Å². The summed E-state index contributed by atoms with van der Waals surface area (Å²) in [6, 6.07) is 1.02. The number of aromatic nitrogens is 1. The average molecular weight is 435 g/mol. The number of nitrogens with one attached hydrogen (secondary N) is 2. The van der Waals surface area contributed by atoms with Gasteiger partial charge in [-0.2, -0.15) is 0 Å². The Balaban J connectivity index is 0.00000264. The van der Waals surface area contributed by atoms with Crippen molar-refractivity contribution in [2.45, 2.75) is 53.2 Å². The lowest BCUT2D eigenvalue weighted by Gasteiger charge is -2.21. The van der Waals surface area contributed by atoms with Crippen LogP contribution in [-0.2, 0) is 6.54 Å². The van der Waals surface area contributed by atoms with E-state index in [1.165, 1.54) is 0 Å². The number of hydrogen-bond acceptors (Lipinski definition) is 4. The third kappa shape index (κ3) is 5.07. The summed E-state index contributed by atoms with van der Waals surface area (Å²) < 4.78 is 5.20. The largest absolute Gasteiger partial charge is 0.361 e. The number of likely N-dealkylation sites (tertiary alicyclic amines) is 1. The van der Waals surface area contributed by atoms with Crippen LogP contribution in [0.2, 0.25) is 0 Å². The topological polar surface area (TPSA) is 65.7 Å². The normalized spacial score (nSPS) is 22.3. The van der Waals surface area contributed by atoms with Crippen molar-refractivity contribution >= 4 is 29.9 Å². The van der Waals surface area contributed by atoms with Crippen molar-refractivity contribution in [3.8, 4) is 0 Å². The van der Waals surface area contributed by atoms with Crippen LogP contribution in [0.15, 0.2) is 9.52 Å². The predicted molar refractivity (Wildman–Crippen MR) is 104 cm³/mol. The van der Waals surface area contributed by atoms with Crippen LogP contribution >= 0.6 is 24.0 Å². The van der Waals surface area contributed by atoms with Gasteiger partial charge in [-0.15, -0.1) is 24.0 Å². The van der Waals surface area contributed by atoms with Gasteiger partial charge in [-0.1, -0.05) is 12.1 Å². The summed E-state index contributed by atoms with van der Waals surface area (Å²) in [5.41, 5.74) is 2.03. The Hall–Kier alpha value is -0.830. The van der Waals surface area contributed by atoms with Crippen LogP contribution in [0.4, 0.5) is 0 Å². The molecular formula is C16H30IN5O. The summed E-state index contributed by atoms with van der Waals surface area (Å²) in [4.78, 5) is 6.84. The molecule has 7 heteroatoms. The van der Waals surface area contributed by atoms with E-state index in [-0.39, 0.29) is 24.0 Å². The second-order valence-electron chi connectivity index (χ2n) is 6.50. The maximum atomic E-state index is 5.20. The highest BCUT2D eigenvalue weighted by Gasteiger charge is 2.31. The van der Waals surface area contributed by atoms with E-state index >= 15 is 0 Å². The molecule has 1 aliphatic heterocycles. The molecule has 0 amide bonds. The fourth-order valence-corrected chi connectivity index (χ4v) is 2.91. The van der Waals surface area contributed by atoms with E-state index in [0.717, 1.165) is 36.1 Å². The molecular weight excluding hydrogens is 405 g/mol. The molecule has 2 atom stereocenters. The smallest absolute Gasteiger partial charge is 0.191 e. The number of rotatable bonds is 4. The molecule has 2 heterocycles. The Morgan fingerprint density at radius 3 is 2.57 bits per heavy atom. The molecule has 2 N–H and O–H groups in total. The number of aliphatic imine (C=N–C) groups is 1. The number of guanidine groups is 1. The van der Waals surface area contributed by atoms with Crippen LogP contribution in [0, 0.1) is 19.8 Å². The van der Waals surface area contributed by atoms with Gasteiger partial charge in [0, 0.05) is 44.3 Å². The third-order valence-electron chi connectivity index (χ3n) is 4.53. The molecule has 0 saturated carbocycles. The summed E-state index contributed by atoms with van der Waals surface area (Å²) in [7, 11) is 1.81. The summed E-state index contributed by atoms with van der Waals surface area (Å²) in [5.74, 6) is 2.31. The SMILES string of the molecule is CN=C(NCc1c(C)noc1C)NC1CN(C(C)C)CC1C.I. The minimum Gasteiger partial charge on any atom is -0.361 e. The van der Waals surface area contributed by atoms with Gasteiger partial charge in [0.1, 0.15) is 5.76 Å². The lowest BCUT2D eigenvalue weighted by atomic mass is 10.1. The fourth-order valence-electron chi connectivity index (χ4n) is 2.91. The van der Waals surface area contributed by atoms with Gasteiger partial charge in [0.15, 0.2) is 5.96 Å². The molecule has 1 aromatic heterocycles. The monoisotopic (exact) mass is 435 g/mol. The molecule has 0 aliphatic carbocycles. The summed E-state index contributed by atoms with van der Waals surface area (Å²) in [6.07, 6.45) is 0. The zero-order valence-electron chi connectivity index (χ0n) is 15.0. The van der Waals surface area contributed by atoms with E-state index in [4.69, 9.17) is 4.52 Å². The minimum absolute atomic E-state index is 0. The maximum Gasteiger partial charge on any atom is 0.191 e. The number of nitrogens with zero attached hydrogens (tertiary/aromatic N) is 3. The first-order chi connectivity index (χ1) is 10.4. The van der Waals surface area contributed by atoms with Gasteiger partial charge >= 0.3 is 0 Å². The summed E-state index contributed by atoms with van der Waals surface area (Å²) in [5, 5.41) is 10.9. The Kier molecular flexibility index (Phi) is 7.79. The minimum atomic E-state index is 0. The fraction of sp³-hybridized carbons (Fsp3) is 0.750. The lowest BCUT2D eigenvalue weighted by Crippen LogP contribution is -2.46. The molecule has 132 valence electrons. The Morgan fingerprint density at radius 2 is 2.09 bits per heavy atom. The standard InChI is InChI=1S/C16H29N5O.HI/c1-10(2)21-8-11(3)15(9-21)19-16(17-6)18-7-14-12(4)20-22-13(14)5;/h10-11,15H,7-9H2,1-6H3,(H2,17,18,19);1H. The van der Waals surface area contributed by atoms with Crippen LogP contribution in [0.25, 0.3) is 0 Å². The Morgan fingerprint density at radius 1 is 1.39 bits per heavy atom.